The Bertz CT molecular complexity index is 678. The number of carbonyl (C=O) groups excluding carboxylic acids is 1. The van der Waals surface area contributed by atoms with Gasteiger partial charge in [0.2, 0.25) is 10.0 Å². The van der Waals surface area contributed by atoms with Crippen molar-refractivity contribution in [3.05, 3.63) is 43.0 Å². The summed E-state index contributed by atoms with van der Waals surface area (Å²) in [6.07, 6.45) is 4.38. The molecule has 0 saturated heterocycles. The molecule has 0 spiro atoms. The van der Waals surface area contributed by atoms with E-state index in [1.165, 1.54) is 47.6 Å². The van der Waals surface area contributed by atoms with E-state index in [1.807, 2.05) is 0 Å². The molecule has 0 aliphatic rings. The zero-order chi connectivity index (χ0) is 14.6. The van der Waals surface area contributed by atoms with Crippen molar-refractivity contribution in [2.24, 2.45) is 0 Å². The van der Waals surface area contributed by atoms with Crippen LogP contribution in [0.2, 0.25) is 0 Å². The number of benzene rings is 1. The lowest BCUT2D eigenvalue weighted by molar-refractivity contribution is 0.253. The molecule has 0 bridgehead atoms. The molecule has 1 amide bonds. The first kappa shape index (κ1) is 14.2. The van der Waals surface area contributed by atoms with Crippen LogP contribution in [0.5, 0.6) is 0 Å². The number of anilines is 1. The third-order valence-electron chi connectivity index (χ3n) is 2.49. The molecular formula is C12H14N4O3S. The Morgan fingerprint density at radius 1 is 1.30 bits per heavy atom. The lowest BCUT2D eigenvalue weighted by atomic mass is 10.3. The highest BCUT2D eigenvalue weighted by molar-refractivity contribution is 7.89. The Morgan fingerprint density at radius 2 is 2.00 bits per heavy atom. The Balaban J connectivity index is 2.11. The van der Waals surface area contributed by atoms with Gasteiger partial charge in [0.1, 0.15) is 6.33 Å². The summed E-state index contributed by atoms with van der Waals surface area (Å²) in [5, 5.41) is 2.62. The molecule has 8 heteroatoms. The Hall–Kier alpha value is -2.19. The van der Waals surface area contributed by atoms with Gasteiger partial charge in [-0.1, -0.05) is 6.92 Å². The van der Waals surface area contributed by atoms with Gasteiger partial charge in [-0.05, 0) is 24.3 Å². The first-order chi connectivity index (χ1) is 9.53. The highest BCUT2D eigenvalue weighted by atomic mass is 32.2. The topological polar surface area (TPSA) is 93.1 Å². The van der Waals surface area contributed by atoms with Gasteiger partial charge >= 0.3 is 6.03 Å². The van der Waals surface area contributed by atoms with Crippen molar-refractivity contribution in [3.8, 4) is 0 Å². The van der Waals surface area contributed by atoms with E-state index in [-0.39, 0.29) is 10.9 Å². The zero-order valence-corrected chi connectivity index (χ0v) is 11.6. The number of sulfonamides is 1. The number of nitrogens with one attached hydrogen (secondary N) is 2. The van der Waals surface area contributed by atoms with Gasteiger partial charge in [-0.15, -0.1) is 0 Å². The van der Waals surface area contributed by atoms with Crippen molar-refractivity contribution >= 4 is 21.7 Å². The molecule has 0 fully saturated rings. The molecule has 0 unspecified atom stereocenters. The van der Waals surface area contributed by atoms with E-state index in [0.717, 1.165) is 0 Å². The minimum atomic E-state index is -3.48. The number of imidazole rings is 1. The number of nitrogens with zero attached hydrogens (tertiary/aromatic N) is 2. The van der Waals surface area contributed by atoms with Gasteiger partial charge < -0.3 is 5.32 Å². The van der Waals surface area contributed by atoms with E-state index < -0.39 is 10.0 Å². The minimum absolute atomic E-state index is 0.153. The number of amides is 1. The molecule has 2 N–H and O–H groups in total. The Kier molecular flexibility index (Phi) is 4.16. The molecule has 2 rings (SSSR count). The summed E-state index contributed by atoms with van der Waals surface area (Å²) in [5.74, 6) is 0. The summed E-state index contributed by atoms with van der Waals surface area (Å²) >= 11 is 0. The molecule has 1 aromatic carbocycles. The number of carbonyl (C=O) groups is 1. The van der Waals surface area contributed by atoms with Crippen LogP contribution < -0.4 is 10.0 Å². The zero-order valence-electron chi connectivity index (χ0n) is 10.8. The molecule has 0 aliphatic heterocycles. The standard InChI is InChI=1S/C12H14N4O3S/c1-2-14-20(18,19)11-5-3-10(4-6-11)15-12(17)16-8-7-13-9-16/h3-9,14H,2H2,1H3,(H,15,17). The van der Waals surface area contributed by atoms with E-state index in [0.29, 0.717) is 12.2 Å². The van der Waals surface area contributed by atoms with Crippen molar-refractivity contribution in [1.29, 1.82) is 0 Å². The molecule has 7 nitrogen and oxygen atoms in total. The second-order valence-corrected chi connectivity index (χ2v) is 5.69. The van der Waals surface area contributed by atoms with Gasteiger partial charge in [0.15, 0.2) is 0 Å². The second kappa shape index (κ2) is 5.85. The quantitative estimate of drug-likeness (QED) is 0.887. The highest BCUT2D eigenvalue weighted by Gasteiger charge is 2.12. The van der Waals surface area contributed by atoms with Crippen molar-refractivity contribution in [1.82, 2.24) is 14.3 Å². The van der Waals surface area contributed by atoms with E-state index >= 15 is 0 Å². The van der Waals surface area contributed by atoms with Crippen LogP contribution in [0.3, 0.4) is 0 Å². The van der Waals surface area contributed by atoms with Crippen LogP contribution in [0.15, 0.2) is 47.9 Å². The number of rotatable bonds is 4. The van der Waals surface area contributed by atoms with Crippen LogP contribution in [-0.2, 0) is 10.0 Å². The number of aromatic nitrogens is 2. The SMILES string of the molecule is CCNS(=O)(=O)c1ccc(NC(=O)n2ccnc2)cc1. The van der Waals surface area contributed by atoms with Crippen LogP contribution in [0.1, 0.15) is 6.92 Å². The third kappa shape index (κ3) is 3.22. The summed E-state index contributed by atoms with van der Waals surface area (Å²) in [7, 11) is -3.48. The lowest BCUT2D eigenvalue weighted by Crippen LogP contribution is -2.23. The molecule has 1 aromatic heterocycles. The summed E-state index contributed by atoms with van der Waals surface area (Å²) in [6, 6.07) is 5.55. The molecule has 0 saturated carbocycles. The maximum atomic E-state index is 11.7. The Labute approximate surface area is 116 Å². The second-order valence-electron chi connectivity index (χ2n) is 3.93. The average Bonchev–Trinajstić information content (AvgIpc) is 2.93. The third-order valence-corrected chi connectivity index (χ3v) is 4.05. The molecule has 2 aromatic rings. The normalized spacial score (nSPS) is 11.2. The Morgan fingerprint density at radius 3 is 2.55 bits per heavy atom. The van der Waals surface area contributed by atoms with Gasteiger partial charge in [-0.25, -0.2) is 22.9 Å². The van der Waals surface area contributed by atoms with E-state index in [9.17, 15) is 13.2 Å². The first-order valence-electron chi connectivity index (χ1n) is 5.92. The predicted octanol–water partition coefficient (Wildman–Crippen LogP) is 1.26. The fraction of sp³-hybridized carbons (Fsp3) is 0.167. The van der Waals surface area contributed by atoms with Gasteiger partial charge in [-0.3, -0.25) is 4.57 Å². The lowest BCUT2D eigenvalue weighted by Gasteiger charge is -2.07. The van der Waals surface area contributed by atoms with Gasteiger partial charge in [-0.2, -0.15) is 0 Å². The summed E-state index contributed by atoms with van der Waals surface area (Å²) in [6.45, 7) is 2.03. The van der Waals surface area contributed by atoms with Crippen LogP contribution in [0, 0.1) is 0 Å². The number of hydrogen-bond donors (Lipinski definition) is 2. The summed E-state index contributed by atoms with van der Waals surface area (Å²) < 4.78 is 27.2. The van der Waals surface area contributed by atoms with E-state index in [4.69, 9.17) is 0 Å². The predicted molar refractivity (Wildman–Crippen MR) is 73.9 cm³/mol. The van der Waals surface area contributed by atoms with Crippen LogP contribution in [-0.4, -0.2) is 30.5 Å². The number of hydrogen-bond acceptors (Lipinski definition) is 4. The van der Waals surface area contributed by atoms with Crippen molar-refractivity contribution in [2.75, 3.05) is 11.9 Å². The monoisotopic (exact) mass is 294 g/mol. The highest BCUT2D eigenvalue weighted by Crippen LogP contribution is 2.14. The van der Waals surface area contributed by atoms with Crippen molar-refractivity contribution in [2.45, 2.75) is 11.8 Å². The summed E-state index contributed by atoms with van der Waals surface area (Å²) in [5.41, 5.74) is 0.499. The first-order valence-corrected chi connectivity index (χ1v) is 7.40. The molecule has 106 valence electrons. The largest absolute Gasteiger partial charge is 0.331 e. The van der Waals surface area contributed by atoms with Crippen LogP contribution >= 0.6 is 0 Å². The van der Waals surface area contributed by atoms with Gasteiger partial charge in [0.05, 0.1) is 4.90 Å². The van der Waals surface area contributed by atoms with Crippen LogP contribution in [0.4, 0.5) is 10.5 Å². The maximum Gasteiger partial charge on any atom is 0.331 e. The van der Waals surface area contributed by atoms with E-state index in [2.05, 4.69) is 15.0 Å². The van der Waals surface area contributed by atoms with E-state index in [1.54, 1.807) is 6.92 Å². The molecule has 1 heterocycles. The van der Waals surface area contributed by atoms with Crippen LogP contribution in [0.25, 0.3) is 0 Å². The fourth-order valence-electron chi connectivity index (χ4n) is 1.56. The molecular weight excluding hydrogens is 280 g/mol. The van der Waals surface area contributed by atoms with Gasteiger partial charge in [0.25, 0.3) is 0 Å². The van der Waals surface area contributed by atoms with Crippen molar-refractivity contribution in [3.63, 3.8) is 0 Å². The molecule has 0 radical (unpaired) electrons. The molecule has 0 aliphatic carbocycles. The smallest absolute Gasteiger partial charge is 0.307 e. The van der Waals surface area contributed by atoms with Gasteiger partial charge in [0, 0.05) is 24.6 Å². The fourth-order valence-corrected chi connectivity index (χ4v) is 2.60. The van der Waals surface area contributed by atoms with Crippen molar-refractivity contribution < 1.29 is 13.2 Å². The molecule has 20 heavy (non-hydrogen) atoms. The maximum absolute atomic E-state index is 11.7. The summed E-state index contributed by atoms with van der Waals surface area (Å²) in [4.78, 5) is 15.7. The minimum Gasteiger partial charge on any atom is -0.307 e. The average molecular weight is 294 g/mol. The molecule has 0 atom stereocenters.